The molecule has 1 amide bonds. The van der Waals surface area contributed by atoms with Gasteiger partial charge in [0, 0.05) is 51.4 Å². The van der Waals surface area contributed by atoms with Crippen molar-refractivity contribution < 1.29 is 9.90 Å². The molecule has 0 spiro atoms. The molecule has 0 saturated carbocycles. The minimum absolute atomic E-state index is 0.593. The van der Waals surface area contributed by atoms with Crippen LogP contribution in [0.25, 0.3) is 0 Å². The average molecular weight is 255 g/mol. The first-order valence-electron chi connectivity index (χ1n) is 7.04. The molecule has 18 heavy (non-hydrogen) atoms. The van der Waals surface area contributed by atoms with E-state index >= 15 is 0 Å². The predicted octanol–water partition coefficient (Wildman–Crippen LogP) is 1.15. The Hall–Kier alpha value is -0.810. The molecule has 5 nitrogen and oxygen atoms in total. The van der Waals surface area contributed by atoms with Gasteiger partial charge in [-0.25, -0.2) is 4.79 Å². The Balaban J connectivity index is 1.76. The van der Waals surface area contributed by atoms with E-state index in [9.17, 15) is 4.79 Å². The van der Waals surface area contributed by atoms with E-state index in [-0.39, 0.29) is 0 Å². The second-order valence-electron chi connectivity index (χ2n) is 5.67. The van der Waals surface area contributed by atoms with Gasteiger partial charge in [0.25, 0.3) is 0 Å². The molecule has 0 aromatic carbocycles. The summed E-state index contributed by atoms with van der Waals surface area (Å²) in [6.07, 6.45) is 1.22. The summed E-state index contributed by atoms with van der Waals surface area (Å²) >= 11 is 0. The minimum Gasteiger partial charge on any atom is -0.465 e. The van der Waals surface area contributed by atoms with Crippen molar-refractivity contribution in [3.63, 3.8) is 0 Å². The van der Waals surface area contributed by atoms with Crippen LogP contribution in [0.15, 0.2) is 0 Å². The zero-order chi connectivity index (χ0) is 13.1. The van der Waals surface area contributed by atoms with Crippen LogP contribution >= 0.6 is 0 Å². The largest absolute Gasteiger partial charge is 0.465 e. The molecule has 1 N–H and O–H groups in total. The quantitative estimate of drug-likeness (QED) is 0.804. The molecular formula is C13H25N3O2. The summed E-state index contributed by atoms with van der Waals surface area (Å²) < 4.78 is 0. The van der Waals surface area contributed by atoms with Gasteiger partial charge in [0.05, 0.1) is 0 Å². The van der Waals surface area contributed by atoms with Gasteiger partial charge in [-0.3, -0.25) is 9.80 Å². The first kappa shape index (κ1) is 13.6. The molecular weight excluding hydrogens is 230 g/mol. The molecule has 0 bridgehead atoms. The molecule has 2 aliphatic heterocycles. The molecule has 104 valence electrons. The maximum Gasteiger partial charge on any atom is 0.407 e. The van der Waals surface area contributed by atoms with Crippen LogP contribution in [-0.4, -0.2) is 77.3 Å². The lowest BCUT2D eigenvalue weighted by Gasteiger charge is -2.43. The van der Waals surface area contributed by atoms with Gasteiger partial charge < -0.3 is 10.0 Å². The third kappa shape index (κ3) is 3.14. The third-order valence-electron chi connectivity index (χ3n) is 4.33. The van der Waals surface area contributed by atoms with Crippen molar-refractivity contribution >= 4 is 6.09 Å². The van der Waals surface area contributed by atoms with E-state index in [1.54, 1.807) is 4.90 Å². The molecule has 0 unspecified atom stereocenters. The zero-order valence-corrected chi connectivity index (χ0v) is 11.5. The number of hydrogen-bond donors (Lipinski definition) is 1. The standard InChI is InChI=1S/C13H25N3O2/c1-11(2)14-7-9-15(10-8-14)12-3-5-16(6-4-12)13(17)18/h11-12H,3-10H2,1-2H3,(H,17,18). The zero-order valence-electron chi connectivity index (χ0n) is 11.5. The monoisotopic (exact) mass is 255 g/mol. The Morgan fingerprint density at radius 2 is 1.61 bits per heavy atom. The van der Waals surface area contributed by atoms with Gasteiger partial charge in [0.2, 0.25) is 0 Å². The molecule has 2 aliphatic rings. The highest BCUT2D eigenvalue weighted by Gasteiger charge is 2.29. The molecule has 2 rings (SSSR count). The van der Waals surface area contributed by atoms with Crippen molar-refractivity contribution in [1.82, 2.24) is 14.7 Å². The molecule has 0 atom stereocenters. The summed E-state index contributed by atoms with van der Waals surface area (Å²) in [5, 5.41) is 8.94. The SMILES string of the molecule is CC(C)N1CCN(C2CCN(C(=O)O)CC2)CC1. The summed E-state index contributed by atoms with van der Waals surface area (Å²) in [5.74, 6) is 0. The van der Waals surface area contributed by atoms with Crippen LogP contribution in [0.5, 0.6) is 0 Å². The number of carboxylic acid groups (broad SMARTS) is 1. The lowest BCUT2D eigenvalue weighted by atomic mass is 10.0. The molecule has 0 aromatic heterocycles. The van der Waals surface area contributed by atoms with Crippen molar-refractivity contribution in [3.05, 3.63) is 0 Å². The third-order valence-corrected chi connectivity index (χ3v) is 4.33. The van der Waals surface area contributed by atoms with Crippen LogP contribution in [0.2, 0.25) is 0 Å². The van der Waals surface area contributed by atoms with Crippen molar-refractivity contribution in [1.29, 1.82) is 0 Å². The van der Waals surface area contributed by atoms with Gasteiger partial charge in [-0.1, -0.05) is 0 Å². The summed E-state index contributed by atoms with van der Waals surface area (Å²) in [7, 11) is 0. The van der Waals surface area contributed by atoms with Crippen LogP contribution < -0.4 is 0 Å². The predicted molar refractivity (Wildman–Crippen MR) is 70.9 cm³/mol. The highest BCUT2D eigenvalue weighted by molar-refractivity contribution is 5.65. The van der Waals surface area contributed by atoms with Crippen molar-refractivity contribution in [3.8, 4) is 0 Å². The Morgan fingerprint density at radius 3 is 2.06 bits per heavy atom. The average Bonchev–Trinajstić information content (AvgIpc) is 2.39. The van der Waals surface area contributed by atoms with Crippen LogP contribution in [0.4, 0.5) is 4.79 Å². The molecule has 0 radical (unpaired) electrons. The summed E-state index contributed by atoms with van der Waals surface area (Å²) in [5.41, 5.74) is 0. The highest BCUT2D eigenvalue weighted by atomic mass is 16.4. The number of rotatable bonds is 2. The van der Waals surface area contributed by atoms with Gasteiger partial charge in [0.15, 0.2) is 0 Å². The Morgan fingerprint density at radius 1 is 1.06 bits per heavy atom. The van der Waals surface area contributed by atoms with E-state index in [0.29, 0.717) is 25.2 Å². The van der Waals surface area contributed by atoms with Gasteiger partial charge >= 0.3 is 6.09 Å². The Labute approximate surface area is 109 Å². The van der Waals surface area contributed by atoms with Gasteiger partial charge in [-0.15, -0.1) is 0 Å². The highest BCUT2D eigenvalue weighted by Crippen LogP contribution is 2.18. The maximum atomic E-state index is 10.9. The molecule has 2 heterocycles. The van der Waals surface area contributed by atoms with Gasteiger partial charge in [-0.05, 0) is 26.7 Å². The van der Waals surface area contributed by atoms with E-state index in [1.165, 1.54) is 0 Å². The van der Waals surface area contributed by atoms with Crippen molar-refractivity contribution in [2.45, 2.75) is 38.8 Å². The first-order valence-corrected chi connectivity index (χ1v) is 7.04. The number of nitrogens with zero attached hydrogens (tertiary/aromatic N) is 3. The molecule has 0 aliphatic carbocycles. The van der Waals surface area contributed by atoms with Crippen LogP contribution in [0, 0.1) is 0 Å². The maximum absolute atomic E-state index is 10.9. The molecule has 5 heteroatoms. The topological polar surface area (TPSA) is 47.0 Å². The minimum atomic E-state index is -0.766. The second-order valence-corrected chi connectivity index (χ2v) is 5.67. The van der Waals surface area contributed by atoms with Crippen LogP contribution in [0.3, 0.4) is 0 Å². The lowest BCUT2D eigenvalue weighted by Crippen LogP contribution is -2.54. The fraction of sp³-hybridized carbons (Fsp3) is 0.923. The van der Waals surface area contributed by atoms with Gasteiger partial charge in [0.1, 0.15) is 0 Å². The number of hydrogen-bond acceptors (Lipinski definition) is 3. The summed E-state index contributed by atoms with van der Waals surface area (Å²) in [6.45, 7) is 10.5. The van der Waals surface area contributed by atoms with E-state index in [1.807, 2.05) is 0 Å². The van der Waals surface area contributed by atoms with E-state index < -0.39 is 6.09 Å². The first-order chi connectivity index (χ1) is 8.58. The van der Waals surface area contributed by atoms with E-state index in [2.05, 4.69) is 23.6 Å². The van der Waals surface area contributed by atoms with E-state index in [0.717, 1.165) is 39.0 Å². The lowest BCUT2D eigenvalue weighted by molar-refractivity contribution is 0.0485. The fourth-order valence-corrected chi connectivity index (χ4v) is 3.04. The summed E-state index contributed by atoms with van der Waals surface area (Å²) in [4.78, 5) is 17.5. The van der Waals surface area contributed by atoms with Crippen molar-refractivity contribution in [2.75, 3.05) is 39.3 Å². The van der Waals surface area contributed by atoms with E-state index in [4.69, 9.17) is 5.11 Å². The number of piperidine rings is 1. The van der Waals surface area contributed by atoms with Gasteiger partial charge in [-0.2, -0.15) is 0 Å². The number of amides is 1. The smallest absolute Gasteiger partial charge is 0.407 e. The molecule has 0 aromatic rings. The number of carbonyl (C=O) groups is 1. The number of likely N-dealkylation sites (tertiary alicyclic amines) is 1. The molecule has 2 saturated heterocycles. The summed E-state index contributed by atoms with van der Waals surface area (Å²) in [6, 6.07) is 1.23. The number of piperazine rings is 1. The Bertz CT molecular complexity index is 280. The Kier molecular flexibility index (Phi) is 4.45. The normalized spacial score (nSPS) is 24.7. The fourth-order valence-electron chi connectivity index (χ4n) is 3.04. The van der Waals surface area contributed by atoms with Crippen molar-refractivity contribution in [2.24, 2.45) is 0 Å². The van der Waals surface area contributed by atoms with Crippen LogP contribution in [0.1, 0.15) is 26.7 Å². The molecule has 2 fully saturated rings. The van der Waals surface area contributed by atoms with Crippen LogP contribution in [-0.2, 0) is 0 Å². The second kappa shape index (κ2) is 5.89.